The van der Waals surface area contributed by atoms with Crippen molar-refractivity contribution in [3.05, 3.63) is 35.4 Å². The second-order valence-electron chi connectivity index (χ2n) is 5.58. The van der Waals surface area contributed by atoms with E-state index in [4.69, 9.17) is 10.5 Å². The number of carbonyl (C=O) groups excluding carboxylic acids is 1. The summed E-state index contributed by atoms with van der Waals surface area (Å²) < 4.78 is 31.4. The third-order valence-electron chi connectivity index (χ3n) is 3.85. The first-order chi connectivity index (χ1) is 9.49. The third kappa shape index (κ3) is 3.33. The molecule has 0 saturated heterocycles. The van der Waals surface area contributed by atoms with Gasteiger partial charge in [-0.1, -0.05) is 12.8 Å². The quantitative estimate of drug-likeness (QED) is 0.816. The van der Waals surface area contributed by atoms with Gasteiger partial charge in [-0.25, -0.2) is 8.78 Å². The van der Waals surface area contributed by atoms with E-state index in [0.717, 1.165) is 18.9 Å². The number of hydrogen-bond acceptors (Lipinski definition) is 3. The molecular formula is C15H19F2NO2. The topological polar surface area (TPSA) is 52.3 Å². The van der Waals surface area contributed by atoms with Gasteiger partial charge in [0.05, 0.1) is 12.5 Å². The van der Waals surface area contributed by atoms with Crippen molar-refractivity contribution in [1.29, 1.82) is 0 Å². The molecule has 1 atom stereocenters. The Morgan fingerprint density at radius 2 is 1.95 bits per heavy atom. The summed E-state index contributed by atoms with van der Waals surface area (Å²) in [5.41, 5.74) is 5.33. The van der Waals surface area contributed by atoms with Crippen LogP contribution in [0.1, 0.15) is 24.8 Å². The van der Waals surface area contributed by atoms with Crippen LogP contribution in [0.15, 0.2) is 18.2 Å². The van der Waals surface area contributed by atoms with Crippen LogP contribution in [0.4, 0.5) is 8.78 Å². The van der Waals surface area contributed by atoms with Gasteiger partial charge in [-0.3, -0.25) is 4.79 Å². The average molecular weight is 283 g/mol. The minimum Gasteiger partial charge on any atom is -0.469 e. The first kappa shape index (κ1) is 14.9. The smallest absolute Gasteiger partial charge is 0.313 e. The summed E-state index contributed by atoms with van der Waals surface area (Å²) in [6.07, 6.45) is 2.93. The number of methoxy groups -OCH3 is 1. The van der Waals surface area contributed by atoms with E-state index in [-0.39, 0.29) is 13.0 Å². The Hall–Kier alpha value is -1.49. The Balaban J connectivity index is 2.27. The maximum Gasteiger partial charge on any atom is 0.313 e. The molecular weight excluding hydrogens is 264 g/mol. The zero-order valence-corrected chi connectivity index (χ0v) is 11.5. The molecule has 0 aliphatic heterocycles. The zero-order valence-electron chi connectivity index (χ0n) is 11.5. The third-order valence-corrected chi connectivity index (χ3v) is 3.85. The Labute approximate surface area is 117 Å². The van der Waals surface area contributed by atoms with Crippen molar-refractivity contribution in [2.24, 2.45) is 17.1 Å². The van der Waals surface area contributed by atoms with Crippen LogP contribution in [-0.2, 0) is 16.0 Å². The van der Waals surface area contributed by atoms with Gasteiger partial charge >= 0.3 is 5.97 Å². The van der Waals surface area contributed by atoms with Gasteiger partial charge in [0.15, 0.2) is 0 Å². The molecule has 0 bridgehead atoms. The summed E-state index contributed by atoms with van der Waals surface area (Å²) in [5, 5.41) is 0. The zero-order chi connectivity index (χ0) is 14.8. The minimum atomic E-state index is -0.893. The van der Waals surface area contributed by atoms with Crippen LogP contribution in [0, 0.1) is 23.0 Å². The van der Waals surface area contributed by atoms with E-state index in [0.29, 0.717) is 17.9 Å². The van der Waals surface area contributed by atoms with Crippen LogP contribution >= 0.6 is 0 Å². The van der Waals surface area contributed by atoms with Crippen molar-refractivity contribution in [2.45, 2.75) is 25.7 Å². The molecule has 2 N–H and O–H groups in total. The highest BCUT2D eigenvalue weighted by atomic mass is 19.1. The van der Waals surface area contributed by atoms with Crippen LogP contribution in [0.2, 0.25) is 0 Å². The van der Waals surface area contributed by atoms with Crippen molar-refractivity contribution < 1.29 is 18.3 Å². The van der Waals surface area contributed by atoms with Crippen LogP contribution < -0.4 is 5.73 Å². The highest BCUT2D eigenvalue weighted by Gasteiger charge is 2.43. The summed E-state index contributed by atoms with van der Waals surface area (Å²) >= 11 is 0. The Morgan fingerprint density at radius 3 is 2.40 bits per heavy atom. The van der Waals surface area contributed by atoms with E-state index in [9.17, 15) is 13.6 Å². The Morgan fingerprint density at radius 1 is 1.35 bits per heavy atom. The Bertz CT molecular complexity index is 482. The number of esters is 1. The molecule has 0 spiro atoms. The fourth-order valence-corrected chi connectivity index (χ4v) is 2.66. The molecule has 2 rings (SSSR count). The number of ether oxygens (including phenoxy) is 1. The van der Waals surface area contributed by atoms with E-state index in [1.807, 2.05) is 0 Å². The van der Waals surface area contributed by atoms with Crippen molar-refractivity contribution >= 4 is 5.97 Å². The van der Waals surface area contributed by atoms with Gasteiger partial charge in [0, 0.05) is 12.6 Å². The molecule has 1 fully saturated rings. The highest BCUT2D eigenvalue weighted by molar-refractivity contribution is 5.77. The molecule has 1 unspecified atom stereocenters. The van der Waals surface area contributed by atoms with Gasteiger partial charge in [0.25, 0.3) is 0 Å². The van der Waals surface area contributed by atoms with Crippen LogP contribution in [0.5, 0.6) is 0 Å². The van der Waals surface area contributed by atoms with E-state index < -0.39 is 23.0 Å². The molecule has 1 aliphatic carbocycles. The second-order valence-corrected chi connectivity index (χ2v) is 5.58. The van der Waals surface area contributed by atoms with E-state index in [2.05, 4.69) is 0 Å². The summed E-state index contributed by atoms with van der Waals surface area (Å²) in [6.45, 7) is 0.105. The standard InChI is InChI=1S/C15H19F2NO2/c1-20-14(19)15(9-18,7-10-2-3-10)8-11-4-12(16)6-13(17)5-11/h4-6,10H,2-3,7-9,18H2,1H3. The molecule has 3 nitrogen and oxygen atoms in total. The predicted molar refractivity (Wildman–Crippen MR) is 70.9 cm³/mol. The number of hydrogen-bond donors (Lipinski definition) is 1. The van der Waals surface area contributed by atoms with Crippen LogP contribution in [-0.4, -0.2) is 19.6 Å². The first-order valence-corrected chi connectivity index (χ1v) is 6.72. The molecule has 0 radical (unpaired) electrons. The largest absolute Gasteiger partial charge is 0.469 e. The van der Waals surface area contributed by atoms with Crippen molar-refractivity contribution in [3.63, 3.8) is 0 Å². The predicted octanol–water partition coefficient (Wildman–Crippen LogP) is 2.43. The molecule has 5 heteroatoms. The summed E-state index contributed by atoms with van der Waals surface area (Å²) in [7, 11) is 1.31. The molecule has 0 amide bonds. The first-order valence-electron chi connectivity index (χ1n) is 6.72. The molecule has 1 aliphatic rings. The minimum absolute atomic E-state index is 0.105. The molecule has 1 aromatic carbocycles. The SMILES string of the molecule is COC(=O)C(CN)(Cc1cc(F)cc(F)c1)CC1CC1. The molecule has 110 valence electrons. The number of rotatable bonds is 6. The van der Waals surface area contributed by atoms with Gasteiger partial charge in [-0.15, -0.1) is 0 Å². The lowest BCUT2D eigenvalue weighted by Gasteiger charge is -2.30. The number of halogens is 2. The van der Waals surface area contributed by atoms with Crippen LogP contribution in [0.3, 0.4) is 0 Å². The monoisotopic (exact) mass is 283 g/mol. The highest BCUT2D eigenvalue weighted by Crippen LogP contribution is 2.42. The summed E-state index contributed by atoms with van der Waals surface area (Å²) in [4.78, 5) is 12.1. The normalized spacial score (nSPS) is 17.6. The number of nitrogens with two attached hydrogens (primary N) is 1. The van der Waals surface area contributed by atoms with Crippen molar-refractivity contribution in [3.8, 4) is 0 Å². The molecule has 1 saturated carbocycles. The molecule has 0 heterocycles. The lowest BCUT2D eigenvalue weighted by atomic mass is 9.77. The fraction of sp³-hybridized carbons (Fsp3) is 0.533. The van der Waals surface area contributed by atoms with E-state index in [1.165, 1.54) is 19.2 Å². The second kappa shape index (κ2) is 5.87. The van der Waals surface area contributed by atoms with Crippen molar-refractivity contribution in [1.82, 2.24) is 0 Å². The molecule has 20 heavy (non-hydrogen) atoms. The average Bonchev–Trinajstić information content (AvgIpc) is 3.19. The van der Waals surface area contributed by atoms with Gasteiger partial charge in [-0.05, 0) is 36.5 Å². The summed E-state index contributed by atoms with van der Waals surface area (Å²) in [5.74, 6) is -1.25. The number of benzene rings is 1. The van der Waals surface area contributed by atoms with Gasteiger partial charge in [0.2, 0.25) is 0 Å². The maximum absolute atomic E-state index is 13.3. The summed E-state index contributed by atoms with van der Waals surface area (Å²) in [6, 6.07) is 3.29. The van der Waals surface area contributed by atoms with Gasteiger partial charge < -0.3 is 10.5 Å². The molecule has 1 aromatic rings. The fourth-order valence-electron chi connectivity index (χ4n) is 2.66. The van der Waals surface area contributed by atoms with E-state index >= 15 is 0 Å². The molecule has 0 aromatic heterocycles. The van der Waals surface area contributed by atoms with Crippen molar-refractivity contribution in [2.75, 3.05) is 13.7 Å². The van der Waals surface area contributed by atoms with Gasteiger partial charge in [-0.2, -0.15) is 0 Å². The maximum atomic E-state index is 13.3. The lowest BCUT2D eigenvalue weighted by molar-refractivity contribution is -0.153. The Kier molecular flexibility index (Phi) is 4.38. The van der Waals surface area contributed by atoms with Crippen LogP contribution in [0.25, 0.3) is 0 Å². The number of carbonyl (C=O) groups is 1. The van der Waals surface area contributed by atoms with Gasteiger partial charge in [0.1, 0.15) is 11.6 Å². The van der Waals surface area contributed by atoms with E-state index in [1.54, 1.807) is 0 Å². The lowest BCUT2D eigenvalue weighted by Crippen LogP contribution is -2.42.